The molecule has 0 aliphatic carbocycles. The molecule has 0 spiro atoms. The van der Waals surface area contributed by atoms with Gasteiger partial charge in [0.25, 0.3) is 0 Å². The Morgan fingerprint density at radius 2 is 2.16 bits per heavy atom. The van der Waals surface area contributed by atoms with E-state index >= 15 is 0 Å². The Kier molecular flexibility index (Phi) is 4.74. The quantitative estimate of drug-likeness (QED) is 0.822. The number of fused-ring (bicyclic) bond motifs is 1. The molecule has 110 valence electrons. The van der Waals surface area contributed by atoms with Gasteiger partial charge < -0.3 is 14.6 Å². The Morgan fingerprint density at radius 3 is 3.00 bits per heavy atom. The van der Waals surface area contributed by atoms with Crippen LogP contribution in [0.4, 0.5) is 0 Å². The number of aliphatic hydroxyl groups is 1. The van der Waals surface area contributed by atoms with Gasteiger partial charge in [-0.15, -0.1) is 0 Å². The van der Waals surface area contributed by atoms with Crippen LogP contribution in [0.5, 0.6) is 0 Å². The highest BCUT2D eigenvalue weighted by atomic mass is 16.5. The topological polar surface area (TPSA) is 41.9 Å². The van der Waals surface area contributed by atoms with E-state index in [1.807, 2.05) is 0 Å². The number of hydrogen-bond acceptors (Lipinski definition) is 4. The van der Waals surface area contributed by atoms with Crippen molar-refractivity contribution < 1.29 is 14.6 Å². The Morgan fingerprint density at radius 1 is 1.21 bits per heavy atom. The van der Waals surface area contributed by atoms with Gasteiger partial charge >= 0.3 is 0 Å². The van der Waals surface area contributed by atoms with E-state index < -0.39 is 0 Å². The summed E-state index contributed by atoms with van der Waals surface area (Å²) in [6.07, 6.45) is 8.12. The minimum Gasteiger partial charge on any atom is -0.390 e. The number of ether oxygens (including phenoxy) is 2. The zero-order valence-corrected chi connectivity index (χ0v) is 11.8. The van der Waals surface area contributed by atoms with Crippen molar-refractivity contribution in [2.75, 3.05) is 26.3 Å². The van der Waals surface area contributed by atoms with Gasteiger partial charge in [-0.05, 0) is 51.5 Å². The molecule has 3 aliphatic heterocycles. The first kappa shape index (κ1) is 13.8. The summed E-state index contributed by atoms with van der Waals surface area (Å²) in [5, 5.41) is 10.3. The van der Waals surface area contributed by atoms with Crippen molar-refractivity contribution in [3.05, 3.63) is 0 Å². The minimum atomic E-state index is -0.303. The summed E-state index contributed by atoms with van der Waals surface area (Å²) in [5.41, 5.74) is 0. The van der Waals surface area contributed by atoms with Gasteiger partial charge in [0.2, 0.25) is 0 Å². The maximum Gasteiger partial charge on any atom is 0.0961 e. The molecule has 4 atom stereocenters. The SMILES string of the molecule is OC(CCCC1CCCO1)C1CN2CCCC2CO1. The van der Waals surface area contributed by atoms with E-state index in [2.05, 4.69) is 4.90 Å². The number of morpholine rings is 1. The third-order valence-corrected chi connectivity index (χ3v) is 4.90. The lowest BCUT2D eigenvalue weighted by Crippen LogP contribution is -2.50. The Hall–Kier alpha value is -0.160. The molecule has 1 N–H and O–H groups in total. The fraction of sp³-hybridized carbons (Fsp3) is 1.00. The molecule has 0 saturated carbocycles. The van der Waals surface area contributed by atoms with Crippen molar-refractivity contribution in [2.45, 2.75) is 69.3 Å². The highest BCUT2D eigenvalue weighted by Crippen LogP contribution is 2.25. The molecule has 3 rings (SSSR count). The van der Waals surface area contributed by atoms with Gasteiger partial charge in [0, 0.05) is 19.2 Å². The lowest BCUT2D eigenvalue weighted by Gasteiger charge is -2.37. The zero-order chi connectivity index (χ0) is 13.1. The van der Waals surface area contributed by atoms with Crippen LogP contribution in [0.1, 0.15) is 44.9 Å². The van der Waals surface area contributed by atoms with Gasteiger partial charge in [0.05, 0.1) is 24.9 Å². The van der Waals surface area contributed by atoms with Gasteiger partial charge in [-0.3, -0.25) is 4.90 Å². The van der Waals surface area contributed by atoms with Crippen molar-refractivity contribution >= 4 is 0 Å². The number of nitrogens with zero attached hydrogens (tertiary/aromatic N) is 1. The molecule has 4 heteroatoms. The van der Waals surface area contributed by atoms with E-state index in [0.717, 1.165) is 39.0 Å². The summed E-state index contributed by atoms with van der Waals surface area (Å²) < 4.78 is 11.5. The highest BCUT2D eigenvalue weighted by Gasteiger charge is 2.35. The lowest BCUT2D eigenvalue weighted by atomic mass is 10.0. The first-order chi connectivity index (χ1) is 9.33. The van der Waals surface area contributed by atoms with Crippen molar-refractivity contribution in [3.8, 4) is 0 Å². The Balaban J connectivity index is 1.36. The van der Waals surface area contributed by atoms with Gasteiger partial charge in [-0.25, -0.2) is 0 Å². The molecule has 0 amide bonds. The van der Waals surface area contributed by atoms with Crippen LogP contribution < -0.4 is 0 Å². The molecule has 4 unspecified atom stereocenters. The molecular formula is C15H27NO3. The van der Waals surface area contributed by atoms with E-state index in [1.54, 1.807) is 0 Å². The second-order valence-corrected chi connectivity index (χ2v) is 6.30. The lowest BCUT2D eigenvalue weighted by molar-refractivity contribution is -0.104. The van der Waals surface area contributed by atoms with Crippen LogP contribution in [-0.2, 0) is 9.47 Å². The first-order valence-corrected chi connectivity index (χ1v) is 7.98. The highest BCUT2D eigenvalue weighted by molar-refractivity contribution is 4.87. The van der Waals surface area contributed by atoms with E-state index in [0.29, 0.717) is 12.1 Å². The Bertz CT molecular complexity index is 281. The van der Waals surface area contributed by atoms with Crippen molar-refractivity contribution in [1.29, 1.82) is 0 Å². The fourth-order valence-corrected chi connectivity index (χ4v) is 3.69. The van der Waals surface area contributed by atoms with Crippen LogP contribution >= 0.6 is 0 Å². The normalized spacial score (nSPS) is 37.4. The van der Waals surface area contributed by atoms with Crippen molar-refractivity contribution in [2.24, 2.45) is 0 Å². The molecule has 0 aromatic rings. The fourth-order valence-electron chi connectivity index (χ4n) is 3.69. The molecule has 0 radical (unpaired) electrons. The summed E-state index contributed by atoms with van der Waals surface area (Å²) in [6, 6.07) is 0.621. The van der Waals surface area contributed by atoms with Crippen LogP contribution in [-0.4, -0.2) is 60.7 Å². The van der Waals surface area contributed by atoms with E-state index in [9.17, 15) is 5.11 Å². The summed E-state index contributed by atoms with van der Waals surface area (Å²) in [6.45, 7) is 3.85. The number of hydrogen-bond donors (Lipinski definition) is 1. The average Bonchev–Trinajstić information content (AvgIpc) is 3.08. The van der Waals surface area contributed by atoms with Crippen LogP contribution in [0.2, 0.25) is 0 Å². The predicted octanol–water partition coefficient (Wildman–Crippen LogP) is 1.56. The van der Waals surface area contributed by atoms with Crippen LogP contribution in [0.3, 0.4) is 0 Å². The third kappa shape index (κ3) is 3.48. The zero-order valence-electron chi connectivity index (χ0n) is 11.8. The Labute approximate surface area is 116 Å². The molecule has 3 heterocycles. The maximum atomic E-state index is 10.3. The molecule has 0 aromatic heterocycles. The molecule has 3 fully saturated rings. The van der Waals surface area contributed by atoms with Gasteiger partial charge in [0.15, 0.2) is 0 Å². The van der Waals surface area contributed by atoms with Crippen LogP contribution in [0, 0.1) is 0 Å². The van der Waals surface area contributed by atoms with Gasteiger partial charge in [-0.1, -0.05) is 0 Å². The molecule has 0 bridgehead atoms. The second-order valence-electron chi connectivity index (χ2n) is 6.30. The van der Waals surface area contributed by atoms with E-state index in [-0.39, 0.29) is 12.2 Å². The van der Waals surface area contributed by atoms with Crippen molar-refractivity contribution in [1.82, 2.24) is 4.90 Å². The molecule has 0 aromatic carbocycles. The largest absolute Gasteiger partial charge is 0.390 e. The second kappa shape index (κ2) is 6.53. The number of aliphatic hydroxyl groups excluding tert-OH is 1. The average molecular weight is 269 g/mol. The molecular weight excluding hydrogens is 242 g/mol. The van der Waals surface area contributed by atoms with Crippen molar-refractivity contribution in [3.63, 3.8) is 0 Å². The van der Waals surface area contributed by atoms with E-state index in [4.69, 9.17) is 9.47 Å². The molecule has 19 heavy (non-hydrogen) atoms. The number of rotatable bonds is 5. The molecule has 4 nitrogen and oxygen atoms in total. The maximum absolute atomic E-state index is 10.3. The van der Waals surface area contributed by atoms with Crippen LogP contribution in [0.15, 0.2) is 0 Å². The predicted molar refractivity (Wildman–Crippen MR) is 73.2 cm³/mol. The summed E-state index contributed by atoms with van der Waals surface area (Å²) in [4.78, 5) is 2.50. The summed E-state index contributed by atoms with van der Waals surface area (Å²) >= 11 is 0. The monoisotopic (exact) mass is 269 g/mol. The van der Waals surface area contributed by atoms with E-state index in [1.165, 1.54) is 32.2 Å². The first-order valence-electron chi connectivity index (χ1n) is 7.98. The smallest absolute Gasteiger partial charge is 0.0961 e. The molecule has 3 saturated heterocycles. The summed E-state index contributed by atoms with van der Waals surface area (Å²) in [7, 11) is 0. The van der Waals surface area contributed by atoms with Gasteiger partial charge in [-0.2, -0.15) is 0 Å². The van der Waals surface area contributed by atoms with Crippen LogP contribution in [0.25, 0.3) is 0 Å². The standard InChI is InChI=1S/C15H27NO3/c17-14(7-1-5-13-6-3-9-18-13)15-10-16-8-2-4-12(16)11-19-15/h12-15,17H,1-11H2. The van der Waals surface area contributed by atoms with Gasteiger partial charge in [0.1, 0.15) is 0 Å². The third-order valence-electron chi connectivity index (χ3n) is 4.90. The summed E-state index contributed by atoms with van der Waals surface area (Å²) in [5.74, 6) is 0. The molecule has 3 aliphatic rings. The minimum absolute atomic E-state index is 0.0267.